The number of nitrogens with zero attached hydrogens (tertiary/aromatic N) is 3. The highest BCUT2D eigenvalue weighted by Crippen LogP contribution is 2.29. The number of benzene rings is 2. The van der Waals surface area contributed by atoms with E-state index < -0.39 is 11.9 Å². The van der Waals surface area contributed by atoms with Crippen LogP contribution in [0.15, 0.2) is 40.9 Å². The predicted octanol–water partition coefficient (Wildman–Crippen LogP) is 3.42. The summed E-state index contributed by atoms with van der Waals surface area (Å²) < 4.78 is 5.25. The molecule has 2 aliphatic rings. The molecular weight excluding hydrogens is 469 g/mol. The number of carbonyl (C=O) groups is 3. The highest BCUT2D eigenvalue weighted by Gasteiger charge is 2.39. The Morgan fingerprint density at radius 2 is 1.97 bits per heavy atom. The molecule has 2 aromatic carbocycles. The second-order valence-electron chi connectivity index (χ2n) is 7.80. The van der Waals surface area contributed by atoms with Crippen LogP contribution < -0.4 is 10.6 Å². The van der Waals surface area contributed by atoms with Crippen LogP contribution in [0.2, 0.25) is 10.0 Å². The molecule has 3 heterocycles. The Morgan fingerprint density at radius 1 is 1.12 bits per heavy atom. The van der Waals surface area contributed by atoms with Crippen molar-refractivity contribution in [2.45, 2.75) is 32.0 Å². The third-order valence-corrected chi connectivity index (χ3v) is 6.37. The molecule has 11 heteroatoms. The third-order valence-electron chi connectivity index (χ3n) is 5.64. The lowest BCUT2D eigenvalue weighted by molar-refractivity contribution is -0.136. The Balaban J connectivity index is 1.26. The van der Waals surface area contributed by atoms with Gasteiger partial charge in [-0.15, -0.1) is 0 Å². The highest BCUT2D eigenvalue weighted by atomic mass is 35.5. The Kier molecular flexibility index (Phi) is 5.51. The van der Waals surface area contributed by atoms with E-state index in [4.69, 9.17) is 27.7 Å². The van der Waals surface area contributed by atoms with Crippen LogP contribution in [0.5, 0.6) is 0 Å². The van der Waals surface area contributed by atoms with Gasteiger partial charge in [0.15, 0.2) is 0 Å². The number of rotatable bonds is 5. The zero-order valence-electron chi connectivity index (χ0n) is 17.1. The van der Waals surface area contributed by atoms with Gasteiger partial charge in [0, 0.05) is 30.6 Å². The van der Waals surface area contributed by atoms with Gasteiger partial charge in [0.25, 0.3) is 5.91 Å². The van der Waals surface area contributed by atoms with Crippen molar-refractivity contribution in [3.63, 3.8) is 0 Å². The maximum atomic E-state index is 12.8. The first-order chi connectivity index (χ1) is 15.9. The molecule has 3 amide bonds. The van der Waals surface area contributed by atoms with Crippen molar-refractivity contribution in [3.8, 4) is 11.4 Å². The van der Waals surface area contributed by atoms with Crippen LogP contribution in [0, 0.1) is 0 Å². The van der Waals surface area contributed by atoms with E-state index in [1.165, 1.54) is 4.90 Å². The van der Waals surface area contributed by atoms with E-state index in [9.17, 15) is 14.4 Å². The van der Waals surface area contributed by atoms with Crippen LogP contribution in [0.1, 0.15) is 34.3 Å². The van der Waals surface area contributed by atoms with Crippen LogP contribution in [0.3, 0.4) is 0 Å². The van der Waals surface area contributed by atoms with Crippen molar-refractivity contribution in [1.29, 1.82) is 0 Å². The molecule has 1 fully saturated rings. The smallest absolute Gasteiger partial charge is 0.322 e. The number of hydrogen-bond acceptors (Lipinski definition) is 7. The molecule has 1 unspecified atom stereocenters. The summed E-state index contributed by atoms with van der Waals surface area (Å²) in [6.07, 6.45) is 0.553. The number of amides is 3. The number of piperidine rings is 1. The van der Waals surface area contributed by atoms with Crippen molar-refractivity contribution < 1.29 is 18.9 Å². The van der Waals surface area contributed by atoms with E-state index in [1.807, 2.05) is 12.1 Å². The summed E-state index contributed by atoms with van der Waals surface area (Å²) in [5, 5.41) is 10.2. The molecular formula is C22H17Cl2N5O4. The van der Waals surface area contributed by atoms with Crippen LogP contribution >= 0.6 is 23.2 Å². The number of anilines is 1. The molecule has 1 atom stereocenters. The quantitative estimate of drug-likeness (QED) is 0.531. The predicted molar refractivity (Wildman–Crippen MR) is 120 cm³/mol. The second-order valence-corrected chi connectivity index (χ2v) is 8.61. The average molecular weight is 486 g/mol. The Hall–Kier alpha value is -3.43. The van der Waals surface area contributed by atoms with E-state index in [1.54, 1.807) is 24.3 Å². The first kappa shape index (κ1) is 21.4. The van der Waals surface area contributed by atoms with Gasteiger partial charge in [-0.1, -0.05) is 40.5 Å². The minimum atomic E-state index is -0.637. The van der Waals surface area contributed by atoms with Crippen molar-refractivity contribution in [3.05, 3.63) is 63.1 Å². The number of halogens is 2. The zero-order chi connectivity index (χ0) is 23.1. The number of carbonyl (C=O) groups excluding carboxylic acids is 3. The van der Waals surface area contributed by atoms with Gasteiger partial charge in [-0.25, -0.2) is 0 Å². The topological polar surface area (TPSA) is 117 Å². The van der Waals surface area contributed by atoms with Gasteiger partial charge in [0.1, 0.15) is 6.04 Å². The van der Waals surface area contributed by atoms with Crippen molar-refractivity contribution >= 4 is 46.9 Å². The molecule has 1 saturated heterocycles. The van der Waals surface area contributed by atoms with Gasteiger partial charge in [-0.05, 0) is 41.8 Å². The number of nitrogens with one attached hydrogen (secondary N) is 2. The summed E-state index contributed by atoms with van der Waals surface area (Å²) in [5.41, 5.74) is 2.96. The van der Waals surface area contributed by atoms with E-state index in [0.29, 0.717) is 46.5 Å². The molecule has 2 N–H and O–H groups in total. The molecule has 2 aliphatic heterocycles. The lowest BCUT2D eigenvalue weighted by Crippen LogP contribution is -2.52. The first-order valence-electron chi connectivity index (χ1n) is 10.2. The first-order valence-corrected chi connectivity index (χ1v) is 10.9. The third kappa shape index (κ3) is 4.17. The second kappa shape index (κ2) is 8.49. The van der Waals surface area contributed by atoms with E-state index >= 15 is 0 Å². The van der Waals surface area contributed by atoms with Crippen molar-refractivity contribution in [2.75, 3.05) is 5.32 Å². The van der Waals surface area contributed by atoms with Crippen LogP contribution in [-0.2, 0) is 22.7 Å². The SMILES string of the molecule is O=C1CCC(N2Cc3cc(CNc4nc(-c5ccc(Cl)c(Cl)c5)no4)ccc3C2=O)C(=O)N1. The highest BCUT2D eigenvalue weighted by molar-refractivity contribution is 6.42. The fraction of sp³-hybridized carbons (Fsp3) is 0.227. The monoisotopic (exact) mass is 485 g/mol. The summed E-state index contributed by atoms with van der Waals surface area (Å²) >= 11 is 12.0. The normalized spacial score (nSPS) is 17.8. The number of imide groups is 1. The minimum Gasteiger partial charge on any atom is -0.334 e. The molecule has 0 spiro atoms. The molecule has 33 heavy (non-hydrogen) atoms. The fourth-order valence-electron chi connectivity index (χ4n) is 3.96. The number of hydrogen-bond donors (Lipinski definition) is 2. The van der Waals surface area contributed by atoms with Gasteiger partial charge in [-0.3, -0.25) is 19.7 Å². The number of aromatic nitrogens is 2. The molecule has 5 rings (SSSR count). The lowest BCUT2D eigenvalue weighted by atomic mass is 10.0. The molecule has 9 nitrogen and oxygen atoms in total. The Morgan fingerprint density at radius 3 is 2.76 bits per heavy atom. The minimum absolute atomic E-state index is 0.206. The van der Waals surface area contributed by atoms with Gasteiger partial charge in [0.2, 0.25) is 17.6 Å². The van der Waals surface area contributed by atoms with Crippen LogP contribution in [0.25, 0.3) is 11.4 Å². The summed E-state index contributed by atoms with van der Waals surface area (Å²) in [5.74, 6) is -0.571. The average Bonchev–Trinajstić information content (AvgIpc) is 3.39. The Labute approximate surface area is 198 Å². The fourth-order valence-corrected chi connectivity index (χ4v) is 4.26. The largest absolute Gasteiger partial charge is 0.334 e. The van der Waals surface area contributed by atoms with E-state index in [2.05, 4.69) is 20.8 Å². The zero-order valence-corrected chi connectivity index (χ0v) is 18.6. The maximum Gasteiger partial charge on any atom is 0.322 e. The molecule has 0 aliphatic carbocycles. The van der Waals surface area contributed by atoms with Crippen LogP contribution in [0.4, 0.5) is 6.01 Å². The molecule has 0 bridgehead atoms. The van der Waals surface area contributed by atoms with Crippen molar-refractivity contribution in [1.82, 2.24) is 20.4 Å². The summed E-state index contributed by atoms with van der Waals surface area (Å²) in [7, 11) is 0. The van der Waals surface area contributed by atoms with Gasteiger partial charge in [-0.2, -0.15) is 4.98 Å². The van der Waals surface area contributed by atoms with Crippen LogP contribution in [-0.4, -0.2) is 38.8 Å². The lowest BCUT2D eigenvalue weighted by Gasteiger charge is -2.29. The molecule has 168 valence electrons. The van der Waals surface area contributed by atoms with E-state index in [-0.39, 0.29) is 24.2 Å². The Bertz CT molecular complexity index is 1290. The van der Waals surface area contributed by atoms with E-state index in [0.717, 1.165) is 11.1 Å². The molecule has 0 radical (unpaired) electrons. The maximum absolute atomic E-state index is 12.8. The summed E-state index contributed by atoms with van der Waals surface area (Å²) in [4.78, 5) is 42.2. The molecule has 1 aromatic heterocycles. The summed E-state index contributed by atoms with van der Waals surface area (Å²) in [6, 6.07) is 10.1. The standard InChI is InChI=1S/C22H17Cl2N5O4/c23-15-4-2-12(8-16(15)24)19-27-22(33-28-19)25-9-11-1-3-14-13(7-11)10-29(21(14)32)17-5-6-18(30)26-20(17)31/h1-4,7-8,17H,5-6,9-10H2,(H,25,27,28)(H,26,30,31). The number of fused-ring (bicyclic) bond motifs is 1. The van der Waals surface area contributed by atoms with Crippen molar-refractivity contribution in [2.24, 2.45) is 0 Å². The van der Waals surface area contributed by atoms with Gasteiger partial charge in [0.05, 0.1) is 10.0 Å². The molecule has 0 saturated carbocycles. The van der Waals surface area contributed by atoms with Gasteiger partial charge >= 0.3 is 6.01 Å². The molecule has 3 aromatic rings. The summed E-state index contributed by atoms with van der Waals surface area (Å²) in [6.45, 7) is 0.708. The van der Waals surface area contributed by atoms with Gasteiger partial charge < -0.3 is 14.7 Å².